The molecule has 2 N–H and O–H groups in total. The van der Waals surface area contributed by atoms with Crippen LogP contribution in [0.15, 0.2) is 24.3 Å². The van der Waals surface area contributed by atoms with Crippen LogP contribution >= 0.6 is 0 Å². The summed E-state index contributed by atoms with van der Waals surface area (Å²) in [6.45, 7) is 10.8. The van der Waals surface area contributed by atoms with Crippen LogP contribution in [-0.4, -0.2) is 37.2 Å². The fourth-order valence-corrected chi connectivity index (χ4v) is 2.76. The molecule has 3 nitrogen and oxygen atoms in total. The minimum atomic E-state index is 0.142. The molecule has 0 spiro atoms. The minimum absolute atomic E-state index is 0.142. The number of anilines is 1. The number of benzene rings is 1. The van der Waals surface area contributed by atoms with Gasteiger partial charge in [-0.2, -0.15) is 0 Å². The van der Waals surface area contributed by atoms with E-state index in [0.717, 1.165) is 38.3 Å². The van der Waals surface area contributed by atoms with Crippen molar-refractivity contribution in [1.29, 1.82) is 0 Å². The number of nitrogens with zero attached hydrogens (tertiary/aromatic N) is 1. The first-order valence-electron chi connectivity index (χ1n) is 7.21. The van der Waals surface area contributed by atoms with E-state index in [9.17, 15) is 0 Å². The fraction of sp³-hybridized carbons (Fsp3) is 0.625. The maximum Gasteiger partial charge on any atom is 0.0700 e. The minimum Gasteiger partial charge on any atom is -0.399 e. The predicted molar refractivity (Wildman–Crippen MR) is 80.4 cm³/mol. The van der Waals surface area contributed by atoms with Gasteiger partial charge < -0.3 is 10.5 Å². The van der Waals surface area contributed by atoms with Gasteiger partial charge in [0.2, 0.25) is 0 Å². The van der Waals surface area contributed by atoms with Crippen LogP contribution in [0.1, 0.15) is 32.8 Å². The molecule has 1 saturated heterocycles. The van der Waals surface area contributed by atoms with Crippen LogP contribution in [0.5, 0.6) is 0 Å². The second-order valence-electron chi connectivity index (χ2n) is 6.14. The standard InChI is InChI=1S/C16H26N2O/c1-4-15-11-18(9-10-19-15)12-16(2,3)13-5-7-14(17)8-6-13/h5-8,15H,4,9-12,17H2,1-3H3. The second kappa shape index (κ2) is 5.93. The highest BCUT2D eigenvalue weighted by atomic mass is 16.5. The monoisotopic (exact) mass is 262 g/mol. The molecule has 2 rings (SSSR count). The summed E-state index contributed by atoms with van der Waals surface area (Å²) in [4.78, 5) is 2.52. The molecular formula is C16H26N2O. The Morgan fingerprint density at radius 2 is 2.00 bits per heavy atom. The van der Waals surface area contributed by atoms with E-state index in [1.54, 1.807) is 0 Å². The molecule has 1 heterocycles. The molecule has 3 heteroatoms. The molecule has 1 aromatic rings. The summed E-state index contributed by atoms with van der Waals surface area (Å²) in [6, 6.07) is 8.27. The number of rotatable bonds is 4. The summed E-state index contributed by atoms with van der Waals surface area (Å²) in [5.41, 5.74) is 8.08. The zero-order valence-corrected chi connectivity index (χ0v) is 12.4. The highest BCUT2D eigenvalue weighted by Crippen LogP contribution is 2.26. The third kappa shape index (κ3) is 3.71. The van der Waals surface area contributed by atoms with Crippen LogP contribution in [0.25, 0.3) is 0 Å². The van der Waals surface area contributed by atoms with Gasteiger partial charge in [0, 0.05) is 30.7 Å². The number of hydrogen-bond acceptors (Lipinski definition) is 3. The molecule has 1 atom stereocenters. The van der Waals surface area contributed by atoms with Crippen LogP contribution < -0.4 is 5.73 Å². The van der Waals surface area contributed by atoms with Crippen LogP contribution in [0.4, 0.5) is 5.69 Å². The maximum atomic E-state index is 5.76. The number of morpholine rings is 1. The first kappa shape index (κ1) is 14.4. The molecule has 1 fully saturated rings. The number of ether oxygens (including phenoxy) is 1. The lowest BCUT2D eigenvalue weighted by molar-refractivity contribution is -0.0347. The predicted octanol–water partition coefficient (Wildman–Crippen LogP) is 2.66. The van der Waals surface area contributed by atoms with Gasteiger partial charge in [-0.05, 0) is 24.1 Å². The van der Waals surface area contributed by atoms with Gasteiger partial charge in [0.25, 0.3) is 0 Å². The Balaban J connectivity index is 2.02. The van der Waals surface area contributed by atoms with Crippen molar-refractivity contribution in [3.8, 4) is 0 Å². The molecule has 0 aromatic heterocycles. The third-order valence-electron chi connectivity index (χ3n) is 3.99. The SMILES string of the molecule is CCC1CN(CC(C)(C)c2ccc(N)cc2)CCO1. The van der Waals surface area contributed by atoms with Gasteiger partial charge in [-0.15, -0.1) is 0 Å². The smallest absolute Gasteiger partial charge is 0.0700 e. The highest BCUT2D eigenvalue weighted by molar-refractivity contribution is 5.41. The molecule has 1 unspecified atom stereocenters. The lowest BCUT2D eigenvalue weighted by Crippen LogP contribution is -2.47. The molecule has 106 valence electrons. The summed E-state index contributed by atoms with van der Waals surface area (Å²) in [7, 11) is 0. The van der Waals surface area contributed by atoms with E-state index in [1.165, 1.54) is 5.56 Å². The van der Waals surface area contributed by atoms with E-state index in [0.29, 0.717) is 6.10 Å². The van der Waals surface area contributed by atoms with Crippen molar-refractivity contribution in [1.82, 2.24) is 4.90 Å². The Bertz CT molecular complexity index is 400. The highest BCUT2D eigenvalue weighted by Gasteiger charge is 2.27. The largest absolute Gasteiger partial charge is 0.399 e. The van der Waals surface area contributed by atoms with E-state index in [-0.39, 0.29) is 5.41 Å². The lowest BCUT2D eigenvalue weighted by Gasteiger charge is -2.38. The van der Waals surface area contributed by atoms with Crippen molar-refractivity contribution in [2.45, 2.75) is 38.7 Å². The normalized spacial score (nSPS) is 21.5. The van der Waals surface area contributed by atoms with Gasteiger partial charge in [0.15, 0.2) is 0 Å². The molecule has 0 saturated carbocycles. The average Bonchev–Trinajstić information content (AvgIpc) is 2.39. The van der Waals surface area contributed by atoms with Crippen LogP contribution in [0, 0.1) is 0 Å². The Labute approximate surface area is 116 Å². The quantitative estimate of drug-likeness (QED) is 0.848. The van der Waals surface area contributed by atoms with Crippen molar-refractivity contribution >= 4 is 5.69 Å². The van der Waals surface area contributed by atoms with Crippen molar-refractivity contribution in [3.05, 3.63) is 29.8 Å². The summed E-state index contributed by atoms with van der Waals surface area (Å²) in [5.74, 6) is 0. The first-order chi connectivity index (χ1) is 9.01. The zero-order valence-electron chi connectivity index (χ0n) is 12.4. The fourth-order valence-electron chi connectivity index (χ4n) is 2.76. The van der Waals surface area contributed by atoms with Crippen LogP contribution in [-0.2, 0) is 10.2 Å². The zero-order chi connectivity index (χ0) is 13.9. The maximum absolute atomic E-state index is 5.76. The number of hydrogen-bond donors (Lipinski definition) is 1. The Morgan fingerprint density at radius 3 is 2.63 bits per heavy atom. The lowest BCUT2D eigenvalue weighted by atomic mass is 9.84. The van der Waals surface area contributed by atoms with E-state index < -0.39 is 0 Å². The van der Waals surface area contributed by atoms with Gasteiger partial charge in [-0.25, -0.2) is 0 Å². The number of nitrogen functional groups attached to an aromatic ring is 1. The molecule has 1 aliphatic heterocycles. The van der Waals surface area contributed by atoms with E-state index in [2.05, 4.69) is 37.8 Å². The van der Waals surface area contributed by atoms with Crippen molar-refractivity contribution in [2.75, 3.05) is 32.0 Å². The van der Waals surface area contributed by atoms with E-state index in [4.69, 9.17) is 10.5 Å². The Kier molecular flexibility index (Phi) is 4.48. The third-order valence-corrected chi connectivity index (χ3v) is 3.99. The number of nitrogens with two attached hydrogens (primary N) is 1. The van der Waals surface area contributed by atoms with Gasteiger partial charge in [0.05, 0.1) is 12.7 Å². The molecule has 0 bridgehead atoms. The van der Waals surface area contributed by atoms with Crippen molar-refractivity contribution in [3.63, 3.8) is 0 Å². The molecule has 1 aliphatic rings. The molecule has 0 aliphatic carbocycles. The van der Waals surface area contributed by atoms with E-state index >= 15 is 0 Å². The van der Waals surface area contributed by atoms with Gasteiger partial charge in [-0.3, -0.25) is 4.90 Å². The molecule has 0 radical (unpaired) electrons. The van der Waals surface area contributed by atoms with Gasteiger partial charge in [-0.1, -0.05) is 32.9 Å². The van der Waals surface area contributed by atoms with Gasteiger partial charge >= 0.3 is 0 Å². The molecule has 0 amide bonds. The van der Waals surface area contributed by atoms with Crippen molar-refractivity contribution < 1.29 is 4.74 Å². The molecule has 1 aromatic carbocycles. The van der Waals surface area contributed by atoms with Crippen LogP contribution in [0.2, 0.25) is 0 Å². The summed E-state index contributed by atoms with van der Waals surface area (Å²) < 4.78 is 5.74. The Morgan fingerprint density at radius 1 is 1.32 bits per heavy atom. The topological polar surface area (TPSA) is 38.5 Å². The van der Waals surface area contributed by atoms with Gasteiger partial charge in [0.1, 0.15) is 0 Å². The summed E-state index contributed by atoms with van der Waals surface area (Å²) in [5, 5.41) is 0. The summed E-state index contributed by atoms with van der Waals surface area (Å²) >= 11 is 0. The van der Waals surface area contributed by atoms with Crippen molar-refractivity contribution in [2.24, 2.45) is 0 Å². The molecule has 19 heavy (non-hydrogen) atoms. The second-order valence-corrected chi connectivity index (χ2v) is 6.14. The molecular weight excluding hydrogens is 236 g/mol. The van der Waals surface area contributed by atoms with E-state index in [1.807, 2.05) is 12.1 Å². The first-order valence-corrected chi connectivity index (χ1v) is 7.21. The Hall–Kier alpha value is -1.06. The summed E-state index contributed by atoms with van der Waals surface area (Å²) in [6.07, 6.45) is 1.50. The average molecular weight is 262 g/mol. The van der Waals surface area contributed by atoms with Crippen LogP contribution in [0.3, 0.4) is 0 Å².